The van der Waals surface area contributed by atoms with Crippen molar-refractivity contribution in [3.8, 4) is 34.0 Å². The summed E-state index contributed by atoms with van der Waals surface area (Å²) in [5.41, 5.74) is 2.83. The summed E-state index contributed by atoms with van der Waals surface area (Å²) in [4.78, 5) is 21.1. The number of esters is 1. The second kappa shape index (κ2) is 14.2. The second-order valence-electron chi connectivity index (χ2n) is 9.15. The van der Waals surface area contributed by atoms with E-state index >= 15 is 0 Å². The number of unbranched alkanes of at least 4 members (excludes halogenated alkanes) is 5. The molecule has 1 heterocycles. The molecular formula is C30H38N2O3. The summed E-state index contributed by atoms with van der Waals surface area (Å²) in [5, 5.41) is 0. The van der Waals surface area contributed by atoms with Crippen molar-refractivity contribution in [1.82, 2.24) is 9.97 Å². The average molecular weight is 475 g/mol. The molecule has 1 aromatic heterocycles. The van der Waals surface area contributed by atoms with Crippen LogP contribution in [0.2, 0.25) is 0 Å². The van der Waals surface area contributed by atoms with Gasteiger partial charge < -0.3 is 9.47 Å². The molecule has 0 spiro atoms. The van der Waals surface area contributed by atoms with Crippen molar-refractivity contribution in [2.45, 2.75) is 72.1 Å². The summed E-state index contributed by atoms with van der Waals surface area (Å²) in [6.07, 6.45) is 12.6. The Balaban J connectivity index is 1.50. The van der Waals surface area contributed by atoms with Gasteiger partial charge in [0.25, 0.3) is 0 Å². The van der Waals surface area contributed by atoms with Crippen LogP contribution in [0, 0.1) is 5.92 Å². The van der Waals surface area contributed by atoms with Crippen LogP contribution < -0.4 is 9.47 Å². The standard InChI is InChI=1S/C30H38N2O3/c1-4-6-7-8-9-10-19-34-27-15-13-25(14-16-27)30-31-21-26(22-32-30)24-11-17-28(18-12-24)35-29(33)20-23(3)5-2/h11-18,21-23H,4-10,19-20H2,1-3H3. The van der Waals surface area contributed by atoms with Crippen LogP contribution >= 0.6 is 0 Å². The first kappa shape index (κ1) is 26.4. The number of carbonyl (C=O) groups is 1. The molecule has 0 saturated carbocycles. The first-order valence-electron chi connectivity index (χ1n) is 13.0. The third-order valence-electron chi connectivity index (χ3n) is 6.16. The van der Waals surface area contributed by atoms with Gasteiger partial charge in [-0.05, 0) is 54.3 Å². The fourth-order valence-corrected chi connectivity index (χ4v) is 3.72. The molecule has 0 bridgehead atoms. The predicted octanol–water partition coefficient (Wildman–Crippen LogP) is 7.89. The van der Waals surface area contributed by atoms with Crippen molar-refractivity contribution >= 4 is 5.97 Å². The molecule has 5 heteroatoms. The van der Waals surface area contributed by atoms with Crippen LogP contribution in [0.3, 0.4) is 0 Å². The van der Waals surface area contributed by atoms with Gasteiger partial charge in [0.05, 0.1) is 6.61 Å². The molecule has 0 radical (unpaired) electrons. The Morgan fingerprint density at radius 1 is 0.771 bits per heavy atom. The van der Waals surface area contributed by atoms with E-state index in [0.29, 0.717) is 23.9 Å². The molecule has 0 aliphatic heterocycles. The van der Waals surface area contributed by atoms with E-state index in [2.05, 4.69) is 23.8 Å². The molecule has 0 aliphatic rings. The molecule has 0 N–H and O–H groups in total. The SMILES string of the molecule is CCCCCCCCOc1ccc(-c2ncc(-c3ccc(OC(=O)CC(C)CC)cc3)cn2)cc1. The number of hydrogen-bond acceptors (Lipinski definition) is 5. The Kier molecular flexibility index (Phi) is 10.7. The number of hydrogen-bond donors (Lipinski definition) is 0. The largest absolute Gasteiger partial charge is 0.494 e. The van der Waals surface area contributed by atoms with Crippen molar-refractivity contribution in [2.24, 2.45) is 5.92 Å². The lowest BCUT2D eigenvalue weighted by Crippen LogP contribution is -2.11. The molecule has 186 valence electrons. The predicted molar refractivity (Wildman–Crippen MR) is 141 cm³/mol. The van der Waals surface area contributed by atoms with E-state index in [1.54, 1.807) is 0 Å². The third-order valence-corrected chi connectivity index (χ3v) is 6.16. The second-order valence-corrected chi connectivity index (χ2v) is 9.15. The summed E-state index contributed by atoms with van der Waals surface area (Å²) in [6.45, 7) is 7.11. The summed E-state index contributed by atoms with van der Waals surface area (Å²) >= 11 is 0. The zero-order valence-electron chi connectivity index (χ0n) is 21.3. The summed E-state index contributed by atoms with van der Waals surface area (Å²) in [5.74, 6) is 2.24. The number of nitrogens with zero attached hydrogens (tertiary/aromatic N) is 2. The highest BCUT2D eigenvalue weighted by molar-refractivity contribution is 5.73. The summed E-state index contributed by atoms with van der Waals surface area (Å²) in [7, 11) is 0. The van der Waals surface area contributed by atoms with Crippen molar-refractivity contribution in [3.63, 3.8) is 0 Å². The molecule has 1 unspecified atom stereocenters. The minimum Gasteiger partial charge on any atom is -0.494 e. The monoisotopic (exact) mass is 474 g/mol. The number of aromatic nitrogens is 2. The molecule has 3 rings (SSSR count). The van der Waals surface area contributed by atoms with E-state index in [9.17, 15) is 4.79 Å². The number of ether oxygens (including phenoxy) is 2. The molecule has 0 aliphatic carbocycles. The number of rotatable bonds is 14. The minimum absolute atomic E-state index is 0.196. The van der Waals surface area contributed by atoms with Crippen LogP contribution in [0.1, 0.15) is 72.1 Å². The van der Waals surface area contributed by atoms with Crippen molar-refractivity contribution in [3.05, 3.63) is 60.9 Å². The van der Waals surface area contributed by atoms with Gasteiger partial charge in [-0.1, -0.05) is 71.4 Å². The molecule has 1 atom stereocenters. The van der Waals surface area contributed by atoms with Crippen molar-refractivity contribution in [1.29, 1.82) is 0 Å². The van der Waals surface area contributed by atoms with Crippen LogP contribution in [-0.4, -0.2) is 22.5 Å². The van der Waals surface area contributed by atoms with Gasteiger partial charge in [-0.2, -0.15) is 0 Å². The maximum Gasteiger partial charge on any atom is 0.311 e. The molecule has 0 fully saturated rings. The van der Waals surface area contributed by atoms with Crippen molar-refractivity contribution in [2.75, 3.05) is 6.61 Å². The minimum atomic E-state index is -0.196. The lowest BCUT2D eigenvalue weighted by molar-refractivity contribution is -0.135. The van der Waals surface area contributed by atoms with E-state index < -0.39 is 0 Å². The Bertz CT molecular complexity index is 1010. The van der Waals surface area contributed by atoms with Gasteiger partial charge in [-0.3, -0.25) is 4.79 Å². The average Bonchev–Trinajstić information content (AvgIpc) is 2.89. The van der Waals surface area contributed by atoms with Crippen LogP contribution in [0.5, 0.6) is 11.5 Å². The van der Waals surface area contributed by atoms with Gasteiger partial charge in [0.2, 0.25) is 0 Å². The maximum atomic E-state index is 12.0. The zero-order chi connectivity index (χ0) is 24.9. The summed E-state index contributed by atoms with van der Waals surface area (Å²) in [6, 6.07) is 15.4. The maximum absolute atomic E-state index is 12.0. The smallest absolute Gasteiger partial charge is 0.311 e. The zero-order valence-corrected chi connectivity index (χ0v) is 21.3. The highest BCUT2D eigenvalue weighted by atomic mass is 16.5. The first-order valence-corrected chi connectivity index (χ1v) is 13.0. The van der Waals surface area contributed by atoms with E-state index in [4.69, 9.17) is 9.47 Å². The Morgan fingerprint density at radius 2 is 1.37 bits per heavy atom. The van der Waals surface area contributed by atoms with Gasteiger partial charge in [0.15, 0.2) is 5.82 Å². The van der Waals surface area contributed by atoms with Crippen LogP contribution in [-0.2, 0) is 4.79 Å². The molecule has 5 nitrogen and oxygen atoms in total. The number of benzene rings is 2. The molecule has 35 heavy (non-hydrogen) atoms. The quantitative estimate of drug-likeness (QED) is 0.135. The topological polar surface area (TPSA) is 61.3 Å². The van der Waals surface area contributed by atoms with E-state index in [1.807, 2.05) is 67.8 Å². The molecule has 2 aromatic carbocycles. The van der Waals surface area contributed by atoms with Crippen LogP contribution in [0.15, 0.2) is 60.9 Å². The van der Waals surface area contributed by atoms with Crippen LogP contribution in [0.4, 0.5) is 0 Å². The van der Waals surface area contributed by atoms with Gasteiger partial charge in [0.1, 0.15) is 11.5 Å². The third kappa shape index (κ3) is 8.82. The molecular weight excluding hydrogens is 436 g/mol. The Labute approximate surface area is 209 Å². The van der Waals surface area contributed by atoms with Gasteiger partial charge >= 0.3 is 5.97 Å². The van der Waals surface area contributed by atoms with Gasteiger partial charge in [-0.25, -0.2) is 9.97 Å². The van der Waals surface area contributed by atoms with E-state index in [-0.39, 0.29) is 5.97 Å². The molecule has 3 aromatic rings. The molecule has 0 amide bonds. The Morgan fingerprint density at radius 3 is 2.03 bits per heavy atom. The Hall–Kier alpha value is -3.21. The van der Waals surface area contributed by atoms with E-state index in [0.717, 1.165) is 41.9 Å². The fourth-order valence-electron chi connectivity index (χ4n) is 3.72. The lowest BCUT2D eigenvalue weighted by atomic mass is 10.1. The normalized spacial score (nSPS) is 11.7. The van der Waals surface area contributed by atoms with Gasteiger partial charge in [0, 0.05) is 29.9 Å². The first-order chi connectivity index (χ1) is 17.1. The van der Waals surface area contributed by atoms with Crippen LogP contribution in [0.25, 0.3) is 22.5 Å². The number of carbonyl (C=O) groups excluding carboxylic acids is 1. The van der Waals surface area contributed by atoms with E-state index in [1.165, 1.54) is 32.1 Å². The highest BCUT2D eigenvalue weighted by Crippen LogP contribution is 2.24. The van der Waals surface area contributed by atoms with Gasteiger partial charge in [-0.15, -0.1) is 0 Å². The van der Waals surface area contributed by atoms with Crippen molar-refractivity contribution < 1.29 is 14.3 Å². The fraction of sp³-hybridized carbons (Fsp3) is 0.433. The molecule has 0 saturated heterocycles. The highest BCUT2D eigenvalue weighted by Gasteiger charge is 2.10. The summed E-state index contributed by atoms with van der Waals surface area (Å²) < 4.78 is 11.3. The lowest BCUT2D eigenvalue weighted by Gasteiger charge is -2.09.